The number of benzene rings is 3. The summed E-state index contributed by atoms with van der Waals surface area (Å²) in [4.78, 5) is 40.7. The summed E-state index contributed by atoms with van der Waals surface area (Å²) in [5, 5.41) is 2.13. The largest absolute Gasteiger partial charge is 0.497 e. The van der Waals surface area contributed by atoms with E-state index in [2.05, 4.69) is 4.98 Å². The molecule has 0 aliphatic rings. The van der Waals surface area contributed by atoms with Gasteiger partial charge >= 0.3 is 5.69 Å². The quantitative estimate of drug-likeness (QED) is 0.455. The average molecular weight is 428 g/mol. The van der Waals surface area contributed by atoms with E-state index in [1.807, 2.05) is 49.4 Å². The number of hydrogen-bond donors (Lipinski definition) is 1. The molecule has 6 heteroatoms. The molecule has 6 nitrogen and oxygen atoms in total. The van der Waals surface area contributed by atoms with Crippen LogP contribution in [0.1, 0.15) is 34.1 Å². The number of H-pyrrole nitrogens is 1. The molecule has 0 aliphatic carbocycles. The number of aromatic amines is 1. The highest BCUT2D eigenvalue weighted by Gasteiger charge is 2.18. The van der Waals surface area contributed by atoms with Crippen molar-refractivity contribution in [3.8, 4) is 5.75 Å². The van der Waals surface area contributed by atoms with Crippen molar-refractivity contribution in [2.45, 2.75) is 26.3 Å². The lowest BCUT2D eigenvalue weighted by Gasteiger charge is -2.16. The van der Waals surface area contributed by atoms with Crippen LogP contribution in [0.3, 0.4) is 0 Å². The number of ketones is 1. The number of carbonyl (C=O) groups is 1. The lowest BCUT2D eigenvalue weighted by atomic mass is 9.98. The van der Waals surface area contributed by atoms with Gasteiger partial charge in [-0.15, -0.1) is 0 Å². The fraction of sp³-hybridized carbons (Fsp3) is 0.192. The lowest BCUT2D eigenvalue weighted by Crippen LogP contribution is -2.37. The molecular weight excluding hydrogens is 404 g/mol. The summed E-state index contributed by atoms with van der Waals surface area (Å²) in [5.41, 5.74) is 1.57. The van der Waals surface area contributed by atoms with E-state index in [4.69, 9.17) is 4.74 Å². The molecule has 32 heavy (non-hydrogen) atoms. The number of Topliss-reactive ketones (excluding diaryl/α,β-unsaturated/α-hetero) is 1. The number of rotatable bonds is 7. The van der Waals surface area contributed by atoms with E-state index in [9.17, 15) is 14.4 Å². The predicted octanol–water partition coefficient (Wildman–Crippen LogP) is 3.73. The Kier molecular flexibility index (Phi) is 6.03. The first kappa shape index (κ1) is 21.3. The summed E-state index contributed by atoms with van der Waals surface area (Å²) in [5.74, 6) is 0.427. The fourth-order valence-electron chi connectivity index (χ4n) is 4.03. The Morgan fingerprint density at radius 1 is 0.969 bits per heavy atom. The summed E-state index contributed by atoms with van der Waals surface area (Å²) >= 11 is 0. The van der Waals surface area contributed by atoms with E-state index in [0.29, 0.717) is 35.4 Å². The highest BCUT2D eigenvalue weighted by Crippen LogP contribution is 2.22. The number of aromatic nitrogens is 2. The number of nitrogens with zero attached hydrogens (tertiary/aromatic N) is 1. The molecule has 0 radical (unpaired) electrons. The molecule has 0 atom stereocenters. The zero-order chi connectivity index (χ0) is 22.7. The molecule has 0 amide bonds. The number of hydrogen-bond acceptors (Lipinski definition) is 4. The van der Waals surface area contributed by atoms with E-state index in [0.717, 1.165) is 16.3 Å². The molecule has 0 fully saturated rings. The minimum absolute atomic E-state index is 0.158. The summed E-state index contributed by atoms with van der Waals surface area (Å²) in [6.45, 7) is 1.71. The van der Waals surface area contributed by atoms with Gasteiger partial charge in [0.25, 0.3) is 5.56 Å². The number of carbonyl (C=O) groups excluding carboxylic acids is 1. The van der Waals surface area contributed by atoms with Crippen molar-refractivity contribution in [2.24, 2.45) is 0 Å². The van der Waals surface area contributed by atoms with E-state index in [-0.39, 0.29) is 12.3 Å². The third-order valence-electron chi connectivity index (χ3n) is 5.72. The van der Waals surface area contributed by atoms with E-state index in [1.54, 1.807) is 31.4 Å². The van der Waals surface area contributed by atoms with Crippen molar-refractivity contribution >= 4 is 16.6 Å². The predicted molar refractivity (Wildman–Crippen MR) is 125 cm³/mol. The zero-order valence-corrected chi connectivity index (χ0v) is 18.1. The second-order valence-electron chi connectivity index (χ2n) is 7.59. The molecule has 1 aromatic heterocycles. The molecule has 1 heterocycles. The number of ether oxygens (including phenoxy) is 1. The molecule has 0 bridgehead atoms. The van der Waals surface area contributed by atoms with Crippen LogP contribution < -0.4 is 16.0 Å². The number of methoxy groups -OCH3 is 1. The second kappa shape index (κ2) is 9.06. The van der Waals surface area contributed by atoms with Gasteiger partial charge in [-0.1, -0.05) is 49.4 Å². The molecule has 0 saturated carbocycles. The Morgan fingerprint density at radius 3 is 2.41 bits per heavy atom. The highest BCUT2D eigenvalue weighted by atomic mass is 16.5. The van der Waals surface area contributed by atoms with Gasteiger partial charge in [-0.05, 0) is 47.0 Å². The molecule has 0 aliphatic heterocycles. The van der Waals surface area contributed by atoms with Crippen molar-refractivity contribution in [1.82, 2.24) is 9.55 Å². The Labute approximate surface area is 185 Å². The Balaban J connectivity index is 1.79. The molecular formula is C26H24N2O4. The van der Waals surface area contributed by atoms with Crippen molar-refractivity contribution in [3.05, 3.63) is 110 Å². The average Bonchev–Trinajstić information content (AvgIpc) is 2.81. The minimum atomic E-state index is -0.579. The summed E-state index contributed by atoms with van der Waals surface area (Å²) in [6.07, 6.45) is 0.825. The first-order chi connectivity index (χ1) is 15.5. The third kappa shape index (κ3) is 4.12. The standard InChI is InChI=1S/C26H24N2O4/c1-3-21-23(15-19-9-6-8-17-7-4-5-10-22(17)19)28(26(31)27-25(21)30)16-24(29)18-11-13-20(32-2)14-12-18/h4-14H,3,15-16H2,1-2H3,(H,27,30,31). The third-order valence-corrected chi connectivity index (χ3v) is 5.72. The zero-order valence-electron chi connectivity index (χ0n) is 18.1. The SMILES string of the molecule is CCc1c(Cc2cccc3ccccc23)n(CC(=O)c2ccc(OC)cc2)c(=O)[nH]c1=O. The van der Waals surface area contributed by atoms with Crippen LogP contribution in [0.15, 0.2) is 76.3 Å². The van der Waals surface area contributed by atoms with Gasteiger partial charge in [0.2, 0.25) is 0 Å². The van der Waals surface area contributed by atoms with Gasteiger partial charge < -0.3 is 4.74 Å². The Hall–Kier alpha value is -3.93. The molecule has 0 saturated heterocycles. The minimum Gasteiger partial charge on any atom is -0.497 e. The summed E-state index contributed by atoms with van der Waals surface area (Å²) in [7, 11) is 1.56. The van der Waals surface area contributed by atoms with Crippen LogP contribution in [0.4, 0.5) is 0 Å². The molecule has 4 aromatic rings. The molecule has 3 aromatic carbocycles. The van der Waals surface area contributed by atoms with Gasteiger partial charge in [0.15, 0.2) is 5.78 Å². The monoisotopic (exact) mass is 428 g/mol. The van der Waals surface area contributed by atoms with Crippen LogP contribution in [0.25, 0.3) is 10.8 Å². The summed E-state index contributed by atoms with van der Waals surface area (Å²) < 4.78 is 6.54. The molecule has 1 N–H and O–H groups in total. The van der Waals surface area contributed by atoms with E-state index in [1.165, 1.54) is 4.57 Å². The van der Waals surface area contributed by atoms with Gasteiger partial charge in [-0.3, -0.25) is 19.1 Å². The Bertz CT molecular complexity index is 1390. The lowest BCUT2D eigenvalue weighted by molar-refractivity contribution is 0.0969. The second-order valence-corrected chi connectivity index (χ2v) is 7.59. The summed E-state index contributed by atoms with van der Waals surface area (Å²) in [6, 6.07) is 20.7. The van der Waals surface area contributed by atoms with Crippen molar-refractivity contribution in [1.29, 1.82) is 0 Å². The maximum absolute atomic E-state index is 13.0. The first-order valence-corrected chi connectivity index (χ1v) is 10.5. The number of nitrogens with one attached hydrogen (secondary N) is 1. The molecule has 0 unspecified atom stereocenters. The van der Waals surface area contributed by atoms with Crippen molar-refractivity contribution in [3.63, 3.8) is 0 Å². The smallest absolute Gasteiger partial charge is 0.328 e. The van der Waals surface area contributed by atoms with Crippen LogP contribution in [0.5, 0.6) is 5.75 Å². The van der Waals surface area contributed by atoms with Crippen LogP contribution in [0.2, 0.25) is 0 Å². The van der Waals surface area contributed by atoms with Gasteiger partial charge in [0, 0.05) is 23.2 Å². The van der Waals surface area contributed by atoms with Crippen LogP contribution in [-0.4, -0.2) is 22.4 Å². The van der Waals surface area contributed by atoms with Crippen molar-refractivity contribution < 1.29 is 9.53 Å². The maximum Gasteiger partial charge on any atom is 0.328 e. The Morgan fingerprint density at radius 2 is 1.69 bits per heavy atom. The fourth-order valence-corrected chi connectivity index (χ4v) is 4.03. The van der Waals surface area contributed by atoms with E-state index >= 15 is 0 Å². The molecule has 162 valence electrons. The van der Waals surface area contributed by atoms with Crippen LogP contribution >= 0.6 is 0 Å². The van der Waals surface area contributed by atoms with Gasteiger partial charge in [-0.25, -0.2) is 4.79 Å². The van der Waals surface area contributed by atoms with Gasteiger partial charge in [0.05, 0.1) is 13.7 Å². The normalized spacial score (nSPS) is 10.9. The van der Waals surface area contributed by atoms with Crippen molar-refractivity contribution in [2.75, 3.05) is 7.11 Å². The van der Waals surface area contributed by atoms with Crippen LogP contribution in [-0.2, 0) is 19.4 Å². The molecule has 4 rings (SSSR count). The van der Waals surface area contributed by atoms with Crippen LogP contribution in [0, 0.1) is 0 Å². The van der Waals surface area contributed by atoms with Gasteiger partial charge in [0.1, 0.15) is 5.75 Å². The van der Waals surface area contributed by atoms with Gasteiger partial charge in [-0.2, -0.15) is 0 Å². The number of fused-ring (bicyclic) bond motifs is 1. The highest BCUT2D eigenvalue weighted by molar-refractivity contribution is 5.96. The molecule has 0 spiro atoms. The maximum atomic E-state index is 13.0. The first-order valence-electron chi connectivity index (χ1n) is 10.5. The van der Waals surface area contributed by atoms with E-state index < -0.39 is 11.2 Å². The topological polar surface area (TPSA) is 81.2 Å².